The number of hydrogen-bond acceptors (Lipinski definition) is 6. The molecule has 0 aliphatic heterocycles. The Kier molecular flexibility index (Phi) is 14.4. The number of hydrogen-bond donors (Lipinski definition) is 2. The minimum absolute atomic E-state index is 0.0781. The van der Waals surface area contributed by atoms with Crippen LogP contribution in [-0.2, 0) is 20.7 Å². The van der Waals surface area contributed by atoms with Crippen molar-refractivity contribution in [3.63, 3.8) is 0 Å². The summed E-state index contributed by atoms with van der Waals surface area (Å²) in [7, 11) is 1.86. The molecular formula is C33H49N3O5S. The van der Waals surface area contributed by atoms with E-state index in [1.54, 1.807) is 12.3 Å². The number of carbonyl (C=O) groups is 3. The van der Waals surface area contributed by atoms with Crippen LogP contribution < -0.4 is 5.32 Å². The maximum Gasteiger partial charge on any atom is 0.306 e. The number of carbonyl (C=O) groups excluding carboxylic acids is 2. The summed E-state index contributed by atoms with van der Waals surface area (Å²) in [5.41, 5.74) is 2.15. The molecule has 0 saturated carbocycles. The third-order valence-corrected chi connectivity index (χ3v) is 8.55. The van der Waals surface area contributed by atoms with Gasteiger partial charge in [-0.2, -0.15) is 0 Å². The molecule has 0 aliphatic rings. The van der Waals surface area contributed by atoms with Crippen LogP contribution in [0.5, 0.6) is 0 Å². The number of rotatable bonds is 18. The highest BCUT2D eigenvalue weighted by Crippen LogP contribution is 2.31. The van der Waals surface area contributed by atoms with Crippen LogP contribution in [0.1, 0.15) is 94.4 Å². The molecule has 0 aliphatic carbocycles. The number of aromatic nitrogens is 1. The number of amides is 2. The summed E-state index contributed by atoms with van der Waals surface area (Å²) in [4.78, 5) is 44.5. The van der Waals surface area contributed by atoms with Crippen LogP contribution in [-0.4, -0.2) is 58.5 Å². The maximum absolute atomic E-state index is 13.3. The molecule has 0 saturated heterocycles. The molecule has 8 nitrogen and oxygen atoms in total. The van der Waals surface area contributed by atoms with E-state index in [1.165, 1.54) is 11.3 Å². The molecule has 0 bridgehead atoms. The summed E-state index contributed by atoms with van der Waals surface area (Å²) in [6, 6.07) is 9.24. The van der Waals surface area contributed by atoms with Crippen molar-refractivity contribution >= 4 is 29.1 Å². The normalized spacial score (nSPS) is 15.0. The quantitative estimate of drug-likeness (QED) is 0.188. The Hall–Kier alpha value is -3.04. The fourth-order valence-corrected chi connectivity index (χ4v) is 5.63. The van der Waals surface area contributed by atoms with Crippen molar-refractivity contribution in [2.24, 2.45) is 17.8 Å². The Morgan fingerprint density at radius 3 is 2.36 bits per heavy atom. The smallest absolute Gasteiger partial charge is 0.306 e. The Morgan fingerprint density at radius 1 is 1.12 bits per heavy atom. The second kappa shape index (κ2) is 17.2. The molecule has 5 atom stereocenters. The number of aliphatic carboxylic acids is 1. The van der Waals surface area contributed by atoms with Crippen LogP contribution in [0.4, 0.5) is 0 Å². The average molecular weight is 600 g/mol. The van der Waals surface area contributed by atoms with Gasteiger partial charge >= 0.3 is 5.97 Å². The highest BCUT2D eigenvalue weighted by molar-refractivity contribution is 7.09. The molecule has 1 aromatic carbocycles. The third kappa shape index (κ3) is 11.3. The zero-order chi connectivity index (χ0) is 31.4. The first-order chi connectivity index (χ1) is 19.8. The number of carboxylic acids is 1. The number of nitrogens with zero attached hydrogens (tertiary/aromatic N) is 2. The van der Waals surface area contributed by atoms with Crippen molar-refractivity contribution in [1.29, 1.82) is 0 Å². The van der Waals surface area contributed by atoms with Crippen molar-refractivity contribution in [2.75, 3.05) is 13.7 Å². The molecule has 1 aromatic heterocycles. The molecule has 5 unspecified atom stereocenters. The Bertz CT molecular complexity index is 1170. The SMILES string of the molecule is C=C(C)COC(CC(C(C)C)N(C)C(=O)CC(C)CC)c1nc(C(=O)NC(Cc2ccccc2)CC(C)C(=O)O)cs1. The predicted molar refractivity (Wildman–Crippen MR) is 169 cm³/mol. The second-order valence-electron chi connectivity index (χ2n) is 11.9. The van der Waals surface area contributed by atoms with Crippen LogP contribution in [0.3, 0.4) is 0 Å². The molecule has 0 fully saturated rings. The van der Waals surface area contributed by atoms with Crippen LogP contribution in [0, 0.1) is 17.8 Å². The van der Waals surface area contributed by atoms with Gasteiger partial charge in [-0.05, 0) is 37.2 Å². The first-order valence-corrected chi connectivity index (χ1v) is 15.7. The second-order valence-corrected chi connectivity index (χ2v) is 12.8. The molecule has 42 heavy (non-hydrogen) atoms. The molecule has 1 heterocycles. The van der Waals surface area contributed by atoms with Gasteiger partial charge in [0, 0.05) is 37.4 Å². The lowest BCUT2D eigenvalue weighted by molar-refractivity contribution is -0.141. The van der Waals surface area contributed by atoms with Crippen LogP contribution >= 0.6 is 11.3 Å². The summed E-state index contributed by atoms with van der Waals surface area (Å²) >= 11 is 1.35. The van der Waals surface area contributed by atoms with Crippen molar-refractivity contribution in [2.45, 2.75) is 91.8 Å². The molecular weight excluding hydrogens is 550 g/mol. The molecule has 2 N–H and O–H groups in total. The highest BCUT2D eigenvalue weighted by atomic mass is 32.1. The fourth-order valence-electron chi connectivity index (χ4n) is 4.77. The van der Waals surface area contributed by atoms with Gasteiger partial charge in [-0.1, -0.05) is 83.5 Å². The van der Waals surface area contributed by atoms with Gasteiger partial charge in [0.15, 0.2) is 0 Å². The van der Waals surface area contributed by atoms with Gasteiger partial charge in [-0.15, -0.1) is 11.3 Å². The first kappa shape index (κ1) is 35.2. The number of thiazole rings is 1. The monoisotopic (exact) mass is 599 g/mol. The van der Waals surface area contributed by atoms with Gasteiger partial charge in [0.05, 0.1) is 12.5 Å². The zero-order valence-electron chi connectivity index (χ0n) is 26.3. The lowest BCUT2D eigenvalue weighted by Crippen LogP contribution is -2.42. The van der Waals surface area contributed by atoms with E-state index >= 15 is 0 Å². The van der Waals surface area contributed by atoms with E-state index < -0.39 is 18.0 Å². The number of carboxylic acid groups (broad SMARTS) is 1. The Balaban J connectivity index is 2.26. The van der Waals surface area contributed by atoms with Crippen molar-refractivity contribution in [3.8, 4) is 0 Å². The summed E-state index contributed by atoms with van der Waals surface area (Å²) in [6.07, 6.45) is 2.37. The fraction of sp³-hybridized carbons (Fsp3) is 0.576. The molecule has 232 valence electrons. The summed E-state index contributed by atoms with van der Waals surface area (Å²) in [5.74, 6) is -1.25. The lowest BCUT2D eigenvalue weighted by Gasteiger charge is -2.34. The van der Waals surface area contributed by atoms with Gasteiger partial charge in [0.25, 0.3) is 5.91 Å². The predicted octanol–water partition coefficient (Wildman–Crippen LogP) is 6.54. The standard InChI is InChI=1S/C33H49N3O5S/c1-9-23(6)15-30(37)36(8)28(22(4)5)18-29(41-19-21(2)3)32-35-27(20-42-32)31(38)34-26(16-24(7)33(39)40)17-25-13-11-10-12-14-25/h10-14,20,22-24,26,28-29H,2,9,15-19H2,1,3-8H3,(H,34,38)(H,39,40). The number of nitrogens with one attached hydrogen (secondary N) is 1. The summed E-state index contributed by atoms with van der Waals surface area (Å²) < 4.78 is 6.25. The molecule has 9 heteroatoms. The van der Waals surface area contributed by atoms with Crippen LogP contribution in [0.2, 0.25) is 0 Å². The molecule has 2 aromatic rings. The third-order valence-electron chi connectivity index (χ3n) is 7.62. The topological polar surface area (TPSA) is 109 Å². The summed E-state index contributed by atoms with van der Waals surface area (Å²) in [6.45, 7) is 16.2. The van der Waals surface area contributed by atoms with Gasteiger partial charge in [-0.25, -0.2) is 4.98 Å². The van der Waals surface area contributed by atoms with Crippen LogP contribution in [0.15, 0.2) is 47.9 Å². The molecule has 2 rings (SSSR count). The Morgan fingerprint density at radius 2 is 1.79 bits per heavy atom. The van der Waals surface area contributed by atoms with E-state index in [1.807, 2.05) is 49.2 Å². The molecule has 2 amide bonds. The average Bonchev–Trinajstić information content (AvgIpc) is 3.43. The van der Waals surface area contributed by atoms with E-state index in [2.05, 4.69) is 44.6 Å². The minimum Gasteiger partial charge on any atom is -0.481 e. The van der Waals surface area contributed by atoms with E-state index in [0.29, 0.717) is 43.2 Å². The van der Waals surface area contributed by atoms with Gasteiger partial charge < -0.3 is 20.1 Å². The van der Waals surface area contributed by atoms with E-state index in [9.17, 15) is 19.5 Å². The largest absolute Gasteiger partial charge is 0.481 e. The molecule has 0 radical (unpaired) electrons. The van der Waals surface area contributed by atoms with Crippen molar-refractivity contribution in [1.82, 2.24) is 15.2 Å². The minimum atomic E-state index is -0.900. The van der Waals surface area contributed by atoms with E-state index in [-0.39, 0.29) is 35.5 Å². The van der Waals surface area contributed by atoms with E-state index in [4.69, 9.17) is 4.74 Å². The maximum atomic E-state index is 13.3. The summed E-state index contributed by atoms with van der Waals surface area (Å²) in [5, 5.41) is 14.9. The lowest BCUT2D eigenvalue weighted by atomic mass is 9.95. The van der Waals surface area contributed by atoms with Gasteiger partial charge in [0.2, 0.25) is 5.91 Å². The van der Waals surface area contributed by atoms with Gasteiger partial charge in [-0.3, -0.25) is 14.4 Å². The van der Waals surface area contributed by atoms with Crippen molar-refractivity contribution in [3.05, 3.63) is 64.1 Å². The van der Waals surface area contributed by atoms with Crippen LogP contribution in [0.25, 0.3) is 0 Å². The first-order valence-electron chi connectivity index (χ1n) is 14.9. The number of benzene rings is 1. The van der Waals surface area contributed by atoms with E-state index in [0.717, 1.165) is 17.6 Å². The highest BCUT2D eigenvalue weighted by Gasteiger charge is 2.30. The zero-order valence-corrected chi connectivity index (χ0v) is 27.1. The Labute approximate surface area is 255 Å². The van der Waals surface area contributed by atoms with Gasteiger partial charge in [0.1, 0.15) is 16.8 Å². The number of ether oxygens (including phenoxy) is 1. The van der Waals surface area contributed by atoms with Crippen molar-refractivity contribution < 1.29 is 24.2 Å². The molecule has 0 spiro atoms.